The van der Waals surface area contributed by atoms with Crippen LogP contribution >= 0.6 is 11.3 Å². The van der Waals surface area contributed by atoms with Gasteiger partial charge in [0, 0.05) is 32.7 Å². The number of piperazine rings is 1. The Hall–Kier alpha value is -2.11. The van der Waals surface area contributed by atoms with Gasteiger partial charge in [0.05, 0.1) is 5.00 Å². The fourth-order valence-electron chi connectivity index (χ4n) is 2.57. The molecule has 3 rings (SSSR count). The van der Waals surface area contributed by atoms with Gasteiger partial charge < -0.3 is 4.90 Å². The highest BCUT2D eigenvalue weighted by Gasteiger charge is 2.20. The lowest BCUT2D eigenvalue weighted by molar-refractivity contribution is 0.156. The van der Waals surface area contributed by atoms with Crippen LogP contribution < -0.4 is 5.32 Å². The molecule has 1 aliphatic rings. The van der Waals surface area contributed by atoms with Gasteiger partial charge >= 0.3 is 6.03 Å². The van der Waals surface area contributed by atoms with E-state index in [0.29, 0.717) is 0 Å². The van der Waals surface area contributed by atoms with E-state index in [1.807, 2.05) is 40.6 Å². The fraction of sp³-hybridized carbons (Fsp3) is 0.278. The summed E-state index contributed by atoms with van der Waals surface area (Å²) in [5.41, 5.74) is 1.22. The van der Waals surface area contributed by atoms with Crippen LogP contribution in [-0.4, -0.2) is 48.6 Å². The lowest BCUT2D eigenvalue weighted by Crippen LogP contribution is -2.49. The summed E-state index contributed by atoms with van der Waals surface area (Å²) in [6.45, 7) is 4.30. The predicted octanol–water partition coefficient (Wildman–Crippen LogP) is 3.61. The number of rotatable bonds is 4. The molecule has 4 nitrogen and oxygen atoms in total. The van der Waals surface area contributed by atoms with Crippen LogP contribution in [0.25, 0.3) is 6.08 Å². The number of benzene rings is 1. The zero-order chi connectivity index (χ0) is 15.9. The molecule has 2 heterocycles. The van der Waals surface area contributed by atoms with Gasteiger partial charge in [-0.25, -0.2) is 4.79 Å². The molecule has 0 bridgehead atoms. The first-order valence-corrected chi connectivity index (χ1v) is 8.72. The normalized spacial score (nSPS) is 15.9. The molecule has 0 unspecified atom stereocenters. The van der Waals surface area contributed by atoms with Crippen molar-refractivity contribution in [2.75, 3.05) is 38.0 Å². The van der Waals surface area contributed by atoms with Gasteiger partial charge in [-0.05, 0) is 23.1 Å². The first-order valence-electron chi connectivity index (χ1n) is 7.84. The minimum absolute atomic E-state index is 0.00641. The molecule has 1 aliphatic heterocycles. The Morgan fingerprint density at radius 1 is 1.09 bits per heavy atom. The number of hydrogen-bond acceptors (Lipinski definition) is 3. The van der Waals surface area contributed by atoms with Crippen molar-refractivity contribution in [3.8, 4) is 0 Å². The molecular weight excluding hydrogens is 306 g/mol. The van der Waals surface area contributed by atoms with Crippen molar-refractivity contribution in [1.82, 2.24) is 9.80 Å². The molecule has 120 valence electrons. The van der Waals surface area contributed by atoms with E-state index in [9.17, 15) is 4.79 Å². The Balaban J connectivity index is 1.41. The summed E-state index contributed by atoms with van der Waals surface area (Å²) in [5, 5.41) is 5.81. The molecule has 1 N–H and O–H groups in total. The van der Waals surface area contributed by atoms with Crippen LogP contribution in [0.1, 0.15) is 5.56 Å². The van der Waals surface area contributed by atoms with Gasteiger partial charge in [0.2, 0.25) is 0 Å². The van der Waals surface area contributed by atoms with Crippen molar-refractivity contribution in [1.29, 1.82) is 0 Å². The number of anilines is 1. The third-order valence-corrected chi connectivity index (χ3v) is 4.67. The average Bonchev–Trinajstić information content (AvgIpc) is 3.09. The van der Waals surface area contributed by atoms with Crippen molar-refractivity contribution in [2.45, 2.75) is 0 Å². The molecule has 0 saturated carbocycles. The van der Waals surface area contributed by atoms with E-state index in [1.165, 1.54) is 5.56 Å². The minimum atomic E-state index is 0.00641. The smallest absolute Gasteiger partial charge is 0.322 e. The summed E-state index contributed by atoms with van der Waals surface area (Å²) in [4.78, 5) is 16.4. The second kappa shape index (κ2) is 7.94. The van der Waals surface area contributed by atoms with Crippen molar-refractivity contribution >= 4 is 28.4 Å². The lowest BCUT2D eigenvalue weighted by Gasteiger charge is -2.34. The highest BCUT2D eigenvalue weighted by Crippen LogP contribution is 2.16. The number of carbonyl (C=O) groups excluding carboxylic acids is 1. The molecule has 1 saturated heterocycles. The topological polar surface area (TPSA) is 35.6 Å². The van der Waals surface area contributed by atoms with Gasteiger partial charge in [-0.15, -0.1) is 11.3 Å². The van der Waals surface area contributed by atoms with Crippen LogP contribution in [0, 0.1) is 0 Å². The summed E-state index contributed by atoms with van der Waals surface area (Å²) in [6, 6.07) is 14.2. The highest BCUT2D eigenvalue weighted by atomic mass is 32.1. The number of hydrogen-bond donors (Lipinski definition) is 1. The largest absolute Gasteiger partial charge is 0.322 e. The van der Waals surface area contributed by atoms with E-state index in [2.05, 4.69) is 34.5 Å². The number of urea groups is 1. The van der Waals surface area contributed by atoms with Gasteiger partial charge in [-0.2, -0.15) is 0 Å². The maximum absolute atomic E-state index is 12.2. The van der Waals surface area contributed by atoms with Crippen LogP contribution in [0.2, 0.25) is 0 Å². The molecule has 0 aliphatic carbocycles. The summed E-state index contributed by atoms with van der Waals surface area (Å²) < 4.78 is 0. The summed E-state index contributed by atoms with van der Waals surface area (Å²) >= 11 is 1.55. The number of thiophene rings is 1. The van der Waals surface area contributed by atoms with Crippen LogP contribution in [0.4, 0.5) is 9.80 Å². The lowest BCUT2D eigenvalue weighted by atomic mass is 10.2. The second-order valence-corrected chi connectivity index (χ2v) is 6.46. The molecule has 1 aromatic heterocycles. The molecular formula is C18H21N3OS. The molecule has 0 atom stereocenters. The third kappa shape index (κ3) is 4.68. The maximum atomic E-state index is 12.2. The first kappa shape index (κ1) is 15.8. The zero-order valence-electron chi connectivity index (χ0n) is 13.0. The van der Waals surface area contributed by atoms with Crippen LogP contribution in [0.5, 0.6) is 0 Å². The van der Waals surface area contributed by atoms with E-state index in [-0.39, 0.29) is 6.03 Å². The van der Waals surface area contributed by atoms with E-state index >= 15 is 0 Å². The van der Waals surface area contributed by atoms with E-state index in [4.69, 9.17) is 0 Å². The Morgan fingerprint density at radius 2 is 1.87 bits per heavy atom. The maximum Gasteiger partial charge on any atom is 0.322 e. The molecule has 1 fully saturated rings. The van der Waals surface area contributed by atoms with Crippen molar-refractivity contribution in [3.05, 3.63) is 59.5 Å². The number of amides is 2. The van der Waals surface area contributed by atoms with Crippen LogP contribution in [-0.2, 0) is 0 Å². The SMILES string of the molecule is O=C(Nc1cccs1)N1CCN(C/C=C/c2ccccc2)CC1. The summed E-state index contributed by atoms with van der Waals surface area (Å²) in [6.07, 6.45) is 4.34. The highest BCUT2D eigenvalue weighted by molar-refractivity contribution is 7.14. The minimum Gasteiger partial charge on any atom is -0.322 e. The average molecular weight is 327 g/mol. The van der Waals surface area contributed by atoms with E-state index in [1.54, 1.807) is 11.3 Å². The Kier molecular flexibility index (Phi) is 5.45. The van der Waals surface area contributed by atoms with Gasteiger partial charge in [0.25, 0.3) is 0 Å². The van der Waals surface area contributed by atoms with Gasteiger partial charge in [-0.1, -0.05) is 42.5 Å². The Bertz CT molecular complexity index is 632. The quantitative estimate of drug-likeness (QED) is 0.931. The van der Waals surface area contributed by atoms with E-state index < -0.39 is 0 Å². The molecule has 2 aromatic rings. The summed E-state index contributed by atoms with van der Waals surface area (Å²) in [7, 11) is 0. The second-order valence-electron chi connectivity index (χ2n) is 5.51. The molecule has 1 aromatic carbocycles. The van der Waals surface area contributed by atoms with Crippen LogP contribution in [0.3, 0.4) is 0 Å². The predicted molar refractivity (Wildman–Crippen MR) is 96.8 cm³/mol. The van der Waals surface area contributed by atoms with Crippen molar-refractivity contribution < 1.29 is 4.79 Å². The van der Waals surface area contributed by atoms with Crippen molar-refractivity contribution in [3.63, 3.8) is 0 Å². The number of carbonyl (C=O) groups is 1. The van der Waals surface area contributed by atoms with Gasteiger partial charge in [-0.3, -0.25) is 10.2 Å². The number of nitrogens with zero attached hydrogens (tertiary/aromatic N) is 2. The molecule has 2 amide bonds. The Labute approximate surface area is 141 Å². The third-order valence-electron chi connectivity index (χ3n) is 3.88. The van der Waals surface area contributed by atoms with E-state index in [0.717, 1.165) is 37.7 Å². The fourth-order valence-corrected chi connectivity index (χ4v) is 3.18. The first-order chi connectivity index (χ1) is 11.3. The Morgan fingerprint density at radius 3 is 2.57 bits per heavy atom. The van der Waals surface area contributed by atoms with Crippen LogP contribution in [0.15, 0.2) is 53.9 Å². The molecule has 5 heteroatoms. The van der Waals surface area contributed by atoms with Gasteiger partial charge in [0.15, 0.2) is 0 Å². The monoisotopic (exact) mass is 327 g/mol. The number of nitrogens with one attached hydrogen (secondary N) is 1. The zero-order valence-corrected chi connectivity index (χ0v) is 13.8. The molecule has 23 heavy (non-hydrogen) atoms. The molecule has 0 spiro atoms. The van der Waals surface area contributed by atoms with Gasteiger partial charge in [0.1, 0.15) is 0 Å². The summed E-state index contributed by atoms with van der Waals surface area (Å²) in [5.74, 6) is 0. The standard InChI is InChI=1S/C18H21N3OS/c22-18(19-17-9-5-15-23-17)21-13-11-20(12-14-21)10-4-8-16-6-2-1-3-7-16/h1-9,15H,10-14H2,(H,19,22)/b8-4+. The molecule has 0 radical (unpaired) electrons. The van der Waals surface area contributed by atoms with Crippen molar-refractivity contribution in [2.24, 2.45) is 0 Å².